The summed E-state index contributed by atoms with van der Waals surface area (Å²) in [6, 6.07) is 2.68. The van der Waals surface area contributed by atoms with E-state index in [4.69, 9.17) is 5.73 Å². The SMILES string of the molecule is NC(=O)NCC1CCCCN1C(=O)Cc1c(F)cccc1F. The summed E-state index contributed by atoms with van der Waals surface area (Å²) in [4.78, 5) is 24.8. The molecule has 3 N–H and O–H groups in total. The molecule has 1 heterocycles. The Morgan fingerprint density at radius 3 is 2.59 bits per heavy atom. The Kier molecular flexibility index (Phi) is 5.30. The zero-order valence-electron chi connectivity index (χ0n) is 12.1. The molecule has 1 unspecified atom stereocenters. The topological polar surface area (TPSA) is 75.4 Å². The summed E-state index contributed by atoms with van der Waals surface area (Å²) in [6.07, 6.45) is 2.17. The standard InChI is InChI=1S/C15H19F2N3O2/c16-12-5-3-6-13(17)11(12)8-14(21)20-7-2-1-4-10(20)9-19-15(18)22/h3,5-6,10H,1-2,4,7-9H2,(H3,18,19,22). The molecular weight excluding hydrogens is 292 g/mol. The van der Waals surface area contributed by atoms with Crippen molar-refractivity contribution in [2.24, 2.45) is 5.73 Å². The number of halogens is 2. The molecule has 0 bridgehead atoms. The van der Waals surface area contributed by atoms with Gasteiger partial charge in [-0.05, 0) is 31.4 Å². The number of hydrogen-bond donors (Lipinski definition) is 2. The van der Waals surface area contributed by atoms with Crippen LogP contribution < -0.4 is 11.1 Å². The molecule has 7 heteroatoms. The molecule has 1 aliphatic heterocycles. The van der Waals surface area contributed by atoms with Gasteiger partial charge in [-0.15, -0.1) is 0 Å². The number of carbonyl (C=O) groups is 2. The first kappa shape index (κ1) is 16.2. The third-order valence-electron chi connectivity index (χ3n) is 3.85. The van der Waals surface area contributed by atoms with E-state index in [1.165, 1.54) is 6.07 Å². The van der Waals surface area contributed by atoms with E-state index >= 15 is 0 Å². The van der Waals surface area contributed by atoms with Crippen LogP contribution in [-0.2, 0) is 11.2 Å². The number of piperidine rings is 1. The van der Waals surface area contributed by atoms with Crippen molar-refractivity contribution >= 4 is 11.9 Å². The Labute approximate surface area is 127 Å². The van der Waals surface area contributed by atoms with Gasteiger partial charge in [0.1, 0.15) is 11.6 Å². The van der Waals surface area contributed by atoms with E-state index in [-0.39, 0.29) is 30.5 Å². The van der Waals surface area contributed by atoms with Crippen LogP contribution >= 0.6 is 0 Å². The van der Waals surface area contributed by atoms with E-state index in [1.54, 1.807) is 4.90 Å². The van der Waals surface area contributed by atoms with E-state index in [1.807, 2.05) is 0 Å². The van der Waals surface area contributed by atoms with Crippen molar-refractivity contribution in [1.82, 2.24) is 10.2 Å². The first-order valence-electron chi connectivity index (χ1n) is 7.24. The molecule has 120 valence electrons. The highest BCUT2D eigenvalue weighted by molar-refractivity contribution is 5.79. The summed E-state index contributed by atoms with van der Waals surface area (Å²) in [5.74, 6) is -1.80. The molecule has 0 aliphatic carbocycles. The van der Waals surface area contributed by atoms with Gasteiger partial charge in [-0.2, -0.15) is 0 Å². The van der Waals surface area contributed by atoms with Gasteiger partial charge in [0.05, 0.1) is 6.42 Å². The number of rotatable bonds is 4. The minimum absolute atomic E-state index is 0.191. The molecule has 1 fully saturated rings. The maximum absolute atomic E-state index is 13.6. The summed E-state index contributed by atoms with van der Waals surface area (Å²) >= 11 is 0. The highest BCUT2D eigenvalue weighted by Gasteiger charge is 2.27. The van der Waals surface area contributed by atoms with Gasteiger partial charge in [0.25, 0.3) is 0 Å². The number of carbonyl (C=O) groups excluding carboxylic acids is 2. The van der Waals surface area contributed by atoms with Crippen LogP contribution in [0.15, 0.2) is 18.2 Å². The number of hydrogen-bond acceptors (Lipinski definition) is 2. The first-order valence-corrected chi connectivity index (χ1v) is 7.24. The summed E-state index contributed by atoms with van der Waals surface area (Å²) < 4.78 is 27.3. The lowest BCUT2D eigenvalue weighted by atomic mass is 10.0. The van der Waals surface area contributed by atoms with Crippen molar-refractivity contribution in [3.8, 4) is 0 Å². The van der Waals surface area contributed by atoms with Crippen molar-refractivity contribution < 1.29 is 18.4 Å². The molecule has 22 heavy (non-hydrogen) atoms. The van der Waals surface area contributed by atoms with Gasteiger partial charge in [-0.3, -0.25) is 4.79 Å². The minimum Gasteiger partial charge on any atom is -0.352 e. The normalized spacial score (nSPS) is 18.1. The number of primary amides is 1. The first-order chi connectivity index (χ1) is 10.5. The lowest BCUT2D eigenvalue weighted by Crippen LogP contribution is -2.50. The third kappa shape index (κ3) is 3.93. The van der Waals surface area contributed by atoms with Gasteiger partial charge in [-0.25, -0.2) is 13.6 Å². The summed E-state index contributed by atoms with van der Waals surface area (Å²) in [5.41, 5.74) is 4.82. The van der Waals surface area contributed by atoms with Crippen LogP contribution in [0.5, 0.6) is 0 Å². The molecular formula is C15H19F2N3O2. The minimum atomic E-state index is -0.725. The molecule has 0 saturated carbocycles. The predicted octanol–water partition coefficient (Wildman–Crippen LogP) is 1.56. The molecule has 2 rings (SSSR count). The lowest BCUT2D eigenvalue weighted by Gasteiger charge is -2.36. The van der Waals surface area contributed by atoms with Crippen LogP contribution in [0.1, 0.15) is 24.8 Å². The number of benzene rings is 1. The maximum atomic E-state index is 13.6. The molecule has 0 radical (unpaired) electrons. The monoisotopic (exact) mass is 311 g/mol. The van der Waals surface area contributed by atoms with Crippen molar-refractivity contribution in [2.75, 3.05) is 13.1 Å². The van der Waals surface area contributed by atoms with Gasteiger partial charge in [0, 0.05) is 24.7 Å². The smallest absolute Gasteiger partial charge is 0.312 e. The number of nitrogens with one attached hydrogen (secondary N) is 1. The number of nitrogens with zero attached hydrogens (tertiary/aromatic N) is 1. The number of likely N-dealkylation sites (tertiary alicyclic amines) is 1. The van der Waals surface area contributed by atoms with Gasteiger partial charge < -0.3 is 16.0 Å². The predicted molar refractivity (Wildman–Crippen MR) is 77.0 cm³/mol. The van der Waals surface area contributed by atoms with E-state index in [9.17, 15) is 18.4 Å². The second-order valence-corrected chi connectivity index (χ2v) is 5.36. The van der Waals surface area contributed by atoms with E-state index in [2.05, 4.69) is 5.32 Å². The Morgan fingerprint density at radius 2 is 1.95 bits per heavy atom. The van der Waals surface area contributed by atoms with Crippen molar-refractivity contribution in [1.29, 1.82) is 0 Å². The average Bonchev–Trinajstić information content (AvgIpc) is 2.49. The lowest BCUT2D eigenvalue weighted by molar-refractivity contribution is -0.134. The molecule has 0 spiro atoms. The average molecular weight is 311 g/mol. The molecule has 5 nitrogen and oxygen atoms in total. The second kappa shape index (κ2) is 7.20. The van der Waals surface area contributed by atoms with Crippen LogP contribution in [-0.4, -0.2) is 36.0 Å². The van der Waals surface area contributed by atoms with E-state index in [0.717, 1.165) is 31.4 Å². The zero-order valence-corrected chi connectivity index (χ0v) is 12.1. The summed E-state index contributed by atoms with van der Waals surface area (Å²) in [7, 11) is 0. The Morgan fingerprint density at radius 1 is 1.27 bits per heavy atom. The highest BCUT2D eigenvalue weighted by atomic mass is 19.1. The van der Waals surface area contributed by atoms with Crippen LogP contribution in [0.4, 0.5) is 13.6 Å². The molecule has 1 saturated heterocycles. The van der Waals surface area contributed by atoms with E-state index in [0.29, 0.717) is 6.54 Å². The zero-order chi connectivity index (χ0) is 16.1. The molecule has 1 aromatic rings. The largest absolute Gasteiger partial charge is 0.352 e. The Bertz CT molecular complexity index is 545. The fraction of sp³-hybridized carbons (Fsp3) is 0.467. The van der Waals surface area contributed by atoms with Crippen LogP contribution in [0.2, 0.25) is 0 Å². The van der Waals surface area contributed by atoms with Gasteiger partial charge in [0.2, 0.25) is 5.91 Å². The second-order valence-electron chi connectivity index (χ2n) is 5.36. The Balaban J connectivity index is 2.07. The number of urea groups is 1. The molecule has 1 atom stereocenters. The van der Waals surface area contributed by atoms with Crippen LogP contribution in [0.25, 0.3) is 0 Å². The number of nitrogens with two attached hydrogens (primary N) is 1. The summed E-state index contributed by atoms with van der Waals surface area (Å²) in [5, 5.41) is 2.48. The fourth-order valence-electron chi connectivity index (χ4n) is 2.71. The van der Waals surface area contributed by atoms with Crippen molar-refractivity contribution in [2.45, 2.75) is 31.7 Å². The number of amides is 3. The highest BCUT2D eigenvalue weighted by Crippen LogP contribution is 2.20. The molecule has 1 aliphatic rings. The molecule has 1 aromatic carbocycles. The maximum Gasteiger partial charge on any atom is 0.312 e. The van der Waals surface area contributed by atoms with Gasteiger partial charge in [0.15, 0.2) is 0 Å². The van der Waals surface area contributed by atoms with Crippen molar-refractivity contribution in [3.63, 3.8) is 0 Å². The van der Waals surface area contributed by atoms with E-state index < -0.39 is 17.7 Å². The summed E-state index contributed by atoms with van der Waals surface area (Å²) in [6.45, 7) is 0.765. The fourth-order valence-corrected chi connectivity index (χ4v) is 2.71. The molecule has 0 aromatic heterocycles. The van der Waals surface area contributed by atoms with Crippen molar-refractivity contribution in [3.05, 3.63) is 35.4 Å². The van der Waals surface area contributed by atoms with Crippen LogP contribution in [0, 0.1) is 11.6 Å². The molecule has 3 amide bonds. The Hall–Kier alpha value is -2.18. The van der Waals surface area contributed by atoms with Gasteiger partial charge >= 0.3 is 6.03 Å². The third-order valence-corrected chi connectivity index (χ3v) is 3.85. The van der Waals surface area contributed by atoms with Gasteiger partial charge in [-0.1, -0.05) is 6.07 Å². The quantitative estimate of drug-likeness (QED) is 0.885. The van der Waals surface area contributed by atoms with Crippen LogP contribution in [0.3, 0.4) is 0 Å².